The van der Waals surface area contributed by atoms with Gasteiger partial charge in [-0.05, 0) is 19.3 Å². The maximum absolute atomic E-state index is 12.4. The Kier molecular flexibility index (Phi) is 6.61. The van der Waals surface area contributed by atoms with Crippen LogP contribution in [-0.4, -0.2) is 90.8 Å². The molecule has 13 nitrogen and oxygen atoms in total. The highest BCUT2D eigenvalue weighted by Gasteiger charge is 2.49. The molecule has 3 heterocycles. The lowest BCUT2D eigenvalue weighted by molar-refractivity contribution is -0.174. The molecule has 3 aliphatic rings. The first-order valence-electron chi connectivity index (χ1n) is 9.14. The van der Waals surface area contributed by atoms with Crippen LogP contribution in [0, 0.1) is 0 Å². The molecule has 4 amide bonds. The number of urea groups is 1. The maximum atomic E-state index is 12.4. The molecule has 0 saturated carbocycles. The fraction of sp³-hybridized carbons (Fsp3) is 0.786. The van der Waals surface area contributed by atoms with Gasteiger partial charge < -0.3 is 15.5 Å². The van der Waals surface area contributed by atoms with E-state index in [0.717, 1.165) is 4.90 Å². The molecule has 3 aliphatic heterocycles. The molecular weight excluding hydrogens is 455 g/mol. The number of fused-ring (bicyclic) bond motifs is 2. The van der Waals surface area contributed by atoms with Gasteiger partial charge in [-0.3, -0.25) is 19.0 Å². The molecule has 0 radical (unpaired) electrons. The van der Waals surface area contributed by atoms with Gasteiger partial charge in [0.25, 0.3) is 5.91 Å². The van der Waals surface area contributed by atoms with E-state index in [1.54, 1.807) is 0 Å². The van der Waals surface area contributed by atoms with Gasteiger partial charge >= 0.3 is 28.5 Å². The van der Waals surface area contributed by atoms with Crippen LogP contribution >= 0.6 is 0 Å². The molecule has 176 valence electrons. The molecule has 3 fully saturated rings. The molecule has 3 saturated heterocycles. The number of carbonyl (C=O) groups is 3. The lowest BCUT2D eigenvalue weighted by atomic mass is 10.0. The predicted molar refractivity (Wildman–Crippen MR) is 91.9 cm³/mol. The number of nitrogens with one attached hydrogen (secondary N) is 3. The lowest BCUT2D eigenvalue weighted by Crippen LogP contribution is -2.50. The van der Waals surface area contributed by atoms with Gasteiger partial charge in [0.05, 0.1) is 12.6 Å². The topological polar surface area (TPSA) is 167 Å². The Bertz CT molecular complexity index is 840. The van der Waals surface area contributed by atoms with Crippen LogP contribution in [-0.2, 0) is 29.1 Å². The highest BCUT2D eigenvalue weighted by molar-refractivity contribution is 7.80. The first-order chi connectivity index (χ1) is 14.3. The van der Waals surface area contributed by atoms with Gasteiger partial charge in [0.15, 0.2) is 0 Å². The minimum absolute atomic E-state index is 0.0111. The van der Waals surface area contributed by atoms with E-state index in [9.17, 15) is 36.0 Å². The summed E-state index contributed by atoms with van der Waals surface area (Å²) in [5.74, 6) is -2.72. The molecule has 4 N–H and O–H groups in total. The largest absolute Gasteiger partial charge is 0.471 e. The summed E-state index contributed by atoms with van der Waals surface area (Å²) in [6.07, 6.45) is -4.41. The number of amides is 4. The van der Waals surface area contributed by atoms with Crippen molar-refractivity contribution in [1.82, 2.24) is 26.1 Å². The summed E-state index contributed by atoms with van der Waals surface area (Å²) in [4.78, 5) is 41.7. The number of halogens is 3. The fourth-order valence-corrected chi connectivity index (χ4v) is 4.10. The Balaban J connectivity index is 1.43. The van der Waals surface area contributed by atoms with Crippen molar-refractivity contribution in [1.29, 1.82) is 0 Å². The van der Waals surface area contributed by atoms with Gasteiger partial charge in [0.1, 0.15) is 6.04 Å². The van der Waals surface area contributed by atoms with Gasteiger partial charge in [-0.15, -0.1) is 4.28 Å². The summed E-state index contributed by atoms with van der Waals surface area (Å²) in [5, 5.41) is 5.20. The van der Waals surface area contributed by atoms with Crippen molar-refractivity contribution in [2.24, 2.45) is 0 Å². The minimum atomic E-state index is -4.98. The van der Waals surface area contributed by atoms with Crippen LogP contribution in [0.25, 0.3) is 0 Å². The SMILES string of the molecule is O=C(NOC[C@@H]1C[C@@H](NC(=O)C(F)(F)F)CN1)[C@@H]1CC[C@@H]2CN1C(=O)N2OS(=O)(=O)O. The summed E-state index contributed by atoms with van der Waals surface area (Å²) >= 11 is 0. The highest BCUT2D eigenvalue weighted by atomic mass is 32.3. The summed E-state index contributed by atoms with van der Waals surface area (Å²) in [6, 6.07) is -3.69. The third kappa shape index (κ3) is 5.73. The second-order valence-electron chi connectivity index (χ2n) is 7.30. The number of hydrogen-bond acceptors (Lipinski definition) is 8. The molecule has 0 aromatic rings. The van der Waals surface area contributed by atoms with Crippen molar-refractivity contribution in [2.45, 2.75) is 49.6 Å². The molecule has 31 heavy (non-hydrogen) atoms. The molecule has 2 bridgehead atoms. The summed E-state index contributed by atoms with van der Waals surface area (Å²) in [6.45, 7) is 0.00228. The molecule has 17 heteroatoms. The number of hydrogen-bond donors (Lipinski definition) is 4. The van der Waals surface area contributed by atoms with E-state index >= 15 is 0 Å². The van der Waals surface area contributed by atoms with Crippen molar-refractivity contribution in [2.75, 3.05) is 19.7 Å². The van der Waals surface area contributed by atoms with E-state index in [4.69, 9.17) is 9.39 Å². The van der Waals surface area contributed by atoms with Gasteiger partial charge in [-0.25, -0.2) is 10.3 Å². The summed E-state index contributed by atoms with van der Waals surface area (Å²) in [7, 11) is -4.90. The standard InChI is InChI=1S/C14H20F3N5O8S/c15-14(16,17)12(24)19-7-3-8(18-4-7)6-29-20-11(23)10-2-1-9-5-21(10)13(25)22(9)30-31(26,27)28/h7-10,18H,1-6H2,(H,19,24)(H,20,23)(H,26,27,28)/t7-,8+,9-,10+/m1/s1. The highest BCUT2D eigenvalue weighted by Crippen LogP contribution is 2.30. The second-order valence-corrected chi connectivity index (χ2v) is 8.30. The van der Waals surface area contributed by atoms with Crippen LogP contribution in [0.1, 0.15) is 19.3 Å². The van der Waals surface area contributed by atoms with Gasteiger partial charge in [0, 0.05) is 25.2 Å². The van der Waals surface area contributed by atoms with E-state index < -0.39 is 58.6 Å². The average Bonchev–Trinajstić information content (AvgIpc) is 3.18. The van der Waals surface area contributed by atoms with Crippen LogP contribution < -0.4 is 16.1 Å². The van der Waals surface area contributed by atoms with Crippen molar-refractivity contribution < 1.29 is 49.6 Å². The van der Waals surface area contributed by atoms with Crippen LogP contribution in [0.15, 0.2) is 0 Å². The zero-order valence-electron chi connectivity index (χ0n) is 15.8. The smallest absolute Gasteiger partial charge is 0.344 e. The van der Waals surface area contributed by atoms with E-state index in [1.165, 1.54) is 0 Å². The third-order valence-electron chi connectivity index (χ3n) is 5.07. The number of nitrogens with zero attached hydrogens (tertiary/aromatic N) is 2. The van der Waals surface area contributed by atoms with Gasteiger partial charge in [-0.1, -0.05) is 0 Å². The Morgan fingerprint density at radius 3 is 2.65 bits per heavy atom. The second kappa shape index (κ2) is 8.73. The minimum Gasteiger partial charge on any atom is -0.344 e. The lowest BCUT2D eigenvalue weighted by Gasteiger charge is -2.29. The maximum Gasteiger partial charge on any atom is 0.471 e. The number of hydroxylamine groups is 3. The van der Waals surface area contributed by atoms with Gasteiger partial charge in [0.2, 0.25) is 0 Å². The van der Waals surface area contributed by atoms with Crippen molar-refractivity contribution >= 4 is 28.2 Å². The van der Waals surface area contributed by atoms with E-state index in [-0.39, 0.29) is 39.0 Å². The first kappa shape index (κ1) is 23.5. The van der Waals surface area contributed by atoms with Crippen LogP contribution in [0.2, 0.25) is 0 Å². The number of alkyl halides is 3. The normalized spacial score (nSPS) is 28.7. The zero-order chi connectivity index (χ0) is 23.0. The molecule has 4 atom stereocenters. The monoisotopic (exact) mass is 475 g/mol. The molecule has 0 aromatic heterocycles. The number of rotatable bonds is 7. The van der Waals surface area contributed by atoms with Crippen LogP contribution in [0.4, 0.5) is 18.0 Å². The molecule has 3 rings (SSSR count). The molecule has 0 unspecified atom stereocenters. The predicted octanol–water partition coefficient (Wildman–Crippen LogP) is -1.55. The molecule has 0 spiro atoms. The van der Waals surface area contributed by atoms with E-state index in [0.29, 0.717) is 5.06 Å². The number of carbonyl (C=O) groups excluding carboxylic acids is 3. The molecule has 0 aromatic carbocycles. The third-order valence-corrected chi connectivity index (χ3v) is 5.42. The van der Waals surface area contributed by atoms with Crippen molar-refractivity contribution in [3.05, 3.63) is 0 Å². The summed E-state index contributed by atoms with van der Waals surface area (Å²) < 4.78 is 71.6. The average molecular weight is 475 g/mol. The first-order valence-corrected chi connectivity index (χ1v) is 10.5. The molecular formula is C14H20F3N5O8S. The zero-order valence-corrected chi connectivity index (χ0v) is 16.6. The van der Waals surface area contributed by atoms with Crippen LogP contribution in [0.5, 0.6) is 0 Å². The number of piperidine rings is 1. The van der Waals surface area contributed by atoms with E-state index in [2.05, 4.69) is 15.1 Å². The Labute approximate surface area is 174 Å². The quantitative estimate of drug-likeness (QED) is 0.252. The molecule has 0 aliphatic carbocycles. The Morgan fingerprint density at radius 1 is 1.29 bits per heavy atom. The van der Waals surface area contributed by atoms with E-state index in [1.807, 2.05) is 5.32 Å². The van der Waals surface area contributed by atoms with Gasteiger partial charge in [-0.2, -0.15) is 26.7 Å². The van der Waals surface area contributed by atoms with Crippen molar-refractivity contribution in [3.8, 4) is 0 Å². The Morgan fingerprint density at radius 2 is 2.00 bits per heavy atom. The Hall–Kier alpha value is -2.21. The fourth-order valence-electron chi connectivity index (χ4n) is 3.71. The van der Waals surface area contributed by atoms with Crippen molar-refractivity contribution in [3.63, 3.8) is 0 Å². The summed E-state index contributed by atoms with van der Waals surface area (Å²) in [5.41, 5.74) is 2.16. The van der Waals surface area contributed by atoms with Crippen LogP contribution in [0.3, 0.4) is 0 Å².